The molecule has 2 unspecified atom stereocenters. The quantitative estimate of drug-likeness (QED) is 0.551. The van der Waals surface area contributed by atoms with Gasteiger partial charge in [0.15, 0.2) is 6.04 Å². The summed E-state index contributed by atoms with van der Waals surface area (Å²) in [6.07, 6.45) is 4.74. The average molecular weight is 318 g/mol. The van der Waals surface area contributed by atoms with Crippen molar-refractivity contribution >= 4 is 5.91 Å². The van der Waals surface area contributed by atoms with Crippen LogP contribution in [0.2, 0.25) is 0 Å². The number of benzene rings is 1. The molecule has 1 amide bonds. The maximum atomic E-state index is 12.6. The lowest BCUT2D eigenvalue weighted by Crippen LogP contribution is -2.57. The lowest BCUT2D eigenvalue weighted by atomic mass is 9.88. The van der Waals surface area contributed by atoms with E-state index >= 15 is 0 Å². The van der Waals surface area contributed by atoms with Crippen LogP contribution in [0.5, 0.6) is 0 Å². The summed E-state index contributed by atoms with van der Waals surface area (Å²) in [6.45, 7) is 0.163. The first-order valence-corrected chi connectivity index (χ1v) is 8.07. The molecule has 1 aliphatic heterocycles. The van der Waals surface area contributed by atoms with Gasteiger partial charge in [-0.25, -0.2) is 10.9 Å². The molecule has 3 N–H and O–H groups in total. The summed E-state index contributed by atoms with van der Waals surface area (Å²) >= 11 is 0. The first kappa shape index (κ1) is 15.9. The van der Waals surface area contributed by atoms with E-state index in [1.807, 2.05) is 18.2 Å². The van der Waals surface area contributed by atoms with Gasteiger partial charge in [0.1, 0.15) is 0 Å². The van der Waals surface area contributed by atoms with Crippen molar-refractivity contribution in [3.05, 3.63) is 46.0 Å². The third-order valence-electron chi connectivity index (χ3n) is 4.84. The lowest BCUT2D eigenvalue weighted by Gasteiger charge is -2.32. The van der Waals surface area contributed by atoms with E-state index in [4.69, 9.17) is 0 Å². The van der Waals surface area contributed by atoms with Crippen molar-refractivity contribution < 1.29 is 9.72 Å². The highest BCUT2D eigenvalue weighted by atomic mass is 16.6. The zero-order valence-corrected chi connectivity index (χ0v) is 13.0. The van der Waals surface area contributed by atoms with E-state index in [1.54, 1.807) is 0 Å². The van der Waals surface area contributed by atoms with Gasteiger partial charge in [0.2, 0.25) is 5.91 Å². The number of nitrogens with zero attached hydrogens (tertiary/aromatic N) is 1. The highest BCUT2D eigenvalue weighted by Gasteiger charge is 2.44. The van der Waals surface area contributed by atoms with Gasteiger partial charge in [-0.3, -0.25) is 14.9 Å². The number of amides is 1. The molecule has 0 aromatic heterocycles. The van der Waals surface area contributed by atoms with Crippen LogP contribution in [0.4, 0.5) is 0 Å². The molecular weight excluding hydrogens is 296 g/mol. The molecule has 7 heteroatoms. The average Bonchev–Trinajstić information content (AvgIpc) is 3.17. The number of hydrazine groups is 1. The van der Waals surface area contributed by atoms with E-state index in [9.17, 15) is 14.9 Å². The summed E-state index contributed by atoms with van der Waals surface area (Å²) in [5.74, 6) is -0.283. The first-order chi connectivity index (χ1) is 11.1. The number of hydrogen-bond donors (Lipinski definition) is 3. The SMILES string of the molecule is O=C(NC1(Cc2ccccc2)CCCC1)C1NNCC1[N+](=O)[O-]. The van der Waals surface area contributed by atoms with Crippen molar-refractivity contribution in [2.24, 2.45) is 0 Å². The molecule has 1 aromatic rings. The van der Waals surface area contributed by atoms with E-state index in [0.29, 0.717) is 0 Å². The maximum absolute atomic E-state index is 12.6. The second-order valence-corrected chi connectivity index (χ2v) is 6.49. The molecule has 7 nitrogen and oxygen atoms in total. The van der Waals surface area contributed by atoms with Gasteiger partial charge in [0.05, 0.1) is 6.54 Å². The van der Waals surface area contributed by atoms with Gasteiger partial charge < -0.3 is 5.32 Å². The number of nitrogens with one attached hydrogen (secondary N) is 3. The Morgan fingerprint density at radius 3 is 2.65 bits per heavy atom. The fraction of sp³-hybridized carbons (Fsp3) is 0.562. The molecule has 2 atom stereocenters. The summed E-state index contributed by atoms with van der Waals surface area (Å²) < 4.78 is 0. The van der Waals surface area contributed by atoms with E-state index in [0.717, 1.165) is 32.1 Å². The normalized spacial score (nSPS) is 26.1. The summed E-state index contributed by atoms with van der Waals surface area (Å²) in [6, 6.07) is 8.32. The van der Waals surface area contributed by atoms with Crippen LogP contribution in [-0.2, 0) is 11.2 Å². The molecule has 2 aliphatic rings. The standard InChI is InChI=1S/C16H22N4O3/c21-15(14-13(20(22)23)11-17-19-14)18-16(8-4-5-9-16)10-12-6-2-1-3-7-12/h1-3,6-7,13-14,17,19H,4-5,8-11H2,(H,18,21). The summed E-state index contributed by atoms with van der Waals surface area (Å²) in [5.41, 5.74) is 6.35. The third-order valence-corrected chi connectivity index (χ3v) is 4.84. The van der Waals surface area contributed by atoms with Gasteiger partial charge in [-0.05, 0) is 24.8 Å². The van der Waals surface area contributed by atoms with E-state index in [2.05, 4.69) is 28.3 Å². The fourth-order valence-corrected chi connectivity index (χ4v) is 3.65. The second-order valence-electron chi connectivity index (χ2n) is 6.49. The van der Waals surface area contributed by atoms with Crippen molar-refractivity contribution in [3.63, 3.8) is 0 Å². The van der Waals surface area contributed by atoms with Crippen molar-refractivity contribution in [2.45, 2.75) is 49.7 Å². The Morgan fingerprint density at radius 1 is 1.30 bits per heavy atom. The first-order valence-electron chi connectivity index (χ1n) is 8.07. The molecule has 3 rings (SSSR count). The van der Waals surface area contributed by atoms with E-state index < -0.39 is 17.0 Å². The minimum Gasteiger partial charge on any atom is -0.349 e. The molecule has 1 aromatic carbocycles. The van der Waals surface area contributed by atoms with Gasteiger partial charge in [-0.1, -0.05) is 43.2 Å². The van der Waals surface area contributed by atoms with Crippen LogP contribution in [0.15, 0.2) is 30.3 Å². The maximum Gasteiger partial charge on any atom is 0.252 e. The number of carbonyl (C=O) groups is 1. The number of carbonyl (C=O) groups excluding carboxylic acids is 1. The van der Waals surface area contributed by atoms with Crippen LogP contribution in [0, 0.1) is 10.1 Å². The van der Waals surface area contributed by atoms with E-state index in [-0.39, 0.29) is 18.0 Å². The Hall–Kier alpha value is -1.99. The fourth-order valence-electron chi connectivity index (χ4n) is 3.65. The smallest absolute Gasteiger partial charge is 0.252 e. The molecule has 1 saturated heterocycles. The van der Waals surface area contributed by atoms with Crippen LogP contribution >= 0.6 is 0 Å². The van der Waals surface area contributed by atoms with Crippen molar-refractivity contribution in [2.75, 3.05) is 6.54 Å². The largest absolute Gasteiger partial charge is 0.349 e. The van der Waals surface area contributed by atoms with Gasteiger partial charge in [0.25, 0.3) is 6.04 Å². The number of hydrogen-bond acceptors (Lipinski definition) is 5. The van der Waals surface area contributed by atoms with Crippen LogP contribution < -0.4 is 16.2 Å². The van der Waals surface area contributed by atoms with E-state index in [1.165, 1.54) is 5.56 Å². The predicted octanol–water partition coefficient (Wildman–Crippen LogP) is 0.780. The van der Waals surface area contributed by atoms with Crippen LogP contribution in [0.25, 0.3) is 0 Å². The molecule has 0 radical (unpaired) electrons. The second kappa shape index (κ2) is 6.64. The molecular formula is C16H22N4O3. The summed E-state index contributed by atoms with van der Waals surface area (Å²) in [5, 5.41) is 14.2. The Kier molecular flexibility index (Phi) is 4.58. The molecule has 23 heavy (non-hydrogen) atoms. The molecule has 1 heterocycles. The minimum absolute atomic E-state index is 0.163. The lowest BCUT2D eigenvalue weighted by molar-refractivity contribution is -0.517. The van der Waals surface area contributed by atoms with Crippen LogP contribution in [0.3, 0.4) is 0 Å². The Labute approximate surface area is 135 Å². The monoisotopic (exact) mass is 318 g/mol. The predicted molar refractivity (Wildman–Crippen MR) is 85.2 cm³/mol. The summed E-state index contributed by atoms with van der Waals surface area (Å²) in [4.78, 5) is 23.3. The number of nitro groups is 1. The Morgan fingerprint density at radius 2 is 2.00 bits per heavy atom. The zero-order chi connectivity index (χ0) is 16.3. The molecule has 124 valence electrons. The highest BCUT2D eigenvalue weighted by Crippen LogP contribution is 2.33. The van der Waals surface area contributed by atoms with Crippen molar-refractivity contribution in [3.8, 4) is 0 Å². The Balaban J connectivity index is 1.72. The van der Waals surface area contributed by atoms with Gasteiger partial charge in [0, 0.05) is 10.5 Å². The van der Waals surface area contributed by atoms with Gasteiger partial charge in [-0.15, -0.1) is 0 Å². The molecule has 1 saturated carbocycles. The van der Waals surface area contributed by atoms with Crippen molar-refractivity contribution in [1.29, 1.82) is 0 Å². The van der Waals surface area contributed by atoms with Crippen LogP contribution in [-0.4, -0.2) is 35.0 Å². The van der Waals surface area contributed by atoms with Crippen LogP contribution in [0.1, 0.15) is 31.2 Å². The minimum atomic E-state index is -0.926. The van der Waals surface area contributed by atoms with Gasteiger partial charge in [-0.2, -0.15) is 0 Å². The molecule has 1 aliphatic carbocycles. The Bertz CT molecular complexity index is 572. The highest BCUT2D eigenvalue weighted by molar-refractivity contribution is 5.83. The third kappa shape index (κ3) is 3.51. The topological polar surface area (TPSA) is 96.3 Å². The molecule has 0 spiro atoms. The van der Waals surface area contributed by atoms with Crippen molar-refractivity contribution in [1.82, 2.24) is 16.2 Å². The molecule has 0 bridgehead atoms. The molecule has 2 fully saturated rings. The number of rotatable bonds is 5. The zero-order valence-electron chi connectivity index (χ0n) is 13.0. The van der Waals surface area contributed by atoms with Gasteiger partial charge >= 0.3 is 0 Å². The summed E-state index contributed by atoms with van der Waals surface area (Å²) in [7, 11) is 0.